The minimum absolute atomic E-state index is 0.235. The minimum Gasteiger partial charge on any atom is -0.489 e. The van der Waals surface area contributed by atoms with Crippen LogP contribution in [-0.4, -0.2) is 29.8 Å². The predicted octanol–water partition coefficient (Wildman–Crippen LogP) is 8.28. The van der Waals surface area contributed by atoms with E-state index < -0.39 is 5.97 Å². The van der Waals surface area contributed by atoms with E-state index in [1.165, 1.54) is 0 Å². The van der Waals surface area contributed by atoms with Crippen molar-refractivity contribution in [1.82, 2.24) is 5.06 Å². The number of nitrogens with zero attached hydrogens (tertiary/aromatic N) is 1. The van der Waals surface area contributed by atoms with E-state index in [1.54, 1.807) is 12.1 Å². The fourth-order valence-electron chi connectivity index (χ4n) is 5.42. The number of benzene rings is 3. The van der Waals surface area contributed by atoms with Gasteiger partial charge in [0, 0.05) is 39.2 Å². The molecule has 3 aromatic rings. The Morgan fingerprint density at radius 3 is 2.34 bits per heavy atom. The second kappa shape index (κ2) is 10.1. The Hall–Kier alpha value is -2.70. The smallest absolute Gasteiger partial charge is 0.335 e. The molecule has 38 heavy (non-hydrogen) atoms. The molecule has 1 aliphatic heterocycles. The number of carboxylic acid groups (broad SMARTS) is 1. The van der Waals surface area contributed by atoms with Crippen molar-refractivity contribution in [1.29, 1.82) is 0 Å². The second-order valence-electron chi connectivity index (χ2n) is 10.2. The molecule has 5 nitrogen and oxygen atoms in total. The molecular formula is C30H26Cl3NO4. The molecule has 0 amide bonds. The highest BCUT2D eigenvalue weighted by molar-refractivity contribution is 6.36. The average Bonchev–Trinajstić information content (AvgIpc) is 3.82. The highest BCUT2D eigenvalue weighted by Gasteiger charge is 2.43. The van der Waals surface area contributed by atoms with Gasteiger partial charge in [-0.05, 0) is 78.6 Å². The zero-order chi connectivity index (χ0) is 26.6. The molecule has 1 heterocycles. The Balaban J connectivity index is 1.19. The zero-order valence-electron chi connectivity index (χ0n) is 20.7. The number of likely N-dealkylation sites (N-methyl/N-ethyl adjacent to an activating group) is 1. The van der Waals surface area contributed by atoms with Gasteiger partial charge in [0.15, 0.2) is 0 Å². The molecule has 196 valence electrons. The largest absolute Gasteiger partial charge is 0.489 e. The fraction of sp³-hybridized carbons (Fsp3) is 0.300. The van der Waals surface area contributed by atoms with Crippen molar-refractivity contribution in [3.63, 3.8) is 0 Å². The van der Waals surface area contributed by atoms with Gasteiger partial charge in [-0.15, -0.1) is 5.06 Å². The van der Waals surface area contributed by atoms with Crippen molar-refractivity contribution in [3.8, 4) is 5.75 Å². The molecule has 0 bridgehead atoms. The molecule has 0 radical (unpaired) electrons. The van der Waals surface area contributed by atoms with Gasteiger partial charge in [-0.25, -0.2) is 4.79 Å². The van der Waals surface area contributed by atoms with Crippen molar-refractivity contribution in [2.24, 2.45) is 5.92 Å². The summed E-state index contributed by atoms with van der Waals surface area (Å²) in [6.45, 7) is 0.333. The molecule has 0 spiro atoms. The van der Waals surface area contributed by atoms with E-state index in [0.717, 1.165) is 47.3 Å². The summed E-state index contributed by atoms with van der Waals surface area (Å²) >= 11 is 19.9. The number of carboxylic acids is 1. The molecular weight excluding hydrogens is 545 g/mol. The van der Waals surface area contributed by atoms with Gasteiger partial charge < -0.3 is 14.7 Å². The van der Waals surface area contributed by atoms with Crippen LogP contribution in [0.4, 0.5) is 0 Å². The maximum Gasteiger partial charge on any atom is 0.335 e. The standard InChI is InChI=1S/C30H26Cl3NO4/c1-34-28(27-24(31)3-2-4-25(27)32)23(29(38-34)17-7-8-17)15-37-19-11-12-20(26(33)13-19)22-14-21(22)16-5-9-18(10-6-16)30(35)36/h2-6,9-13,17,21-22,28H,7-8,14-15H2,1H3,(H,35,36). The number of carbonyl (C=O) groups is 1. The molecule has 0 aromatic heterocycles. The fourth-order valence-corrected chi connectivity index (χ4v) is 6.34. The van der Waals surface area contributed by atoms with Crippen molar-refractivity contribution in [2.75, 3.05) is 13.7 Å². The summed E-state index contributed by atoms with van der Waals surface area (Å²) in [4.78, 5) is 17.3. The maximum absolute atomic E-state index is 11.1. The van der Waals surface area contributed by atoms with Gasteiger partial charge in [-0.3, -0.25) is 0 Å². The molecule has 1 N–H and O–H groups in total. The quantitative estimate of drug-likeness (QED) is 0.295. The van der Waals surface area contributed by atoms with Crippen LogP contribution in [0.2, 0.25) is 15.1 Å². The molecule has 3 atom stereocenters. The van der Waals surface area contributed by atoms with Gasteiger partial charge in [-0.2, -0.15) is 0 Å². The Labute approximate surface area is 236 Å². The summed E-state index contributed by atoms with van der Waals surface area (Å²) in [6.07, 6.45) is 3.17. The summed E-state index contributed by atoms with van der Waals surface area (Å²) in [5, 5.41) is 12.8. The Morgan fingerprint density at radius 1 is 1.00 bits per heavy atom. The van der Waals surface area contributed by atoms with Gasteiger partial charge in [-0.1, -0.05) is 59.1 Å². The van der Waals surface area contributed by atoms with Crippen LogP contribution in [0.5, 0.6) is 5.75 Å². The number of rotatable bonds is 8. The number of ether oxygens (including phenoxy) is 1. The third kappa shape index (κ3) is 4.89. The van der Waals surface area contributed by atoms with Crippen molar-refractivity contribution < 1.29 is 19.5 Å². The Kier molecular flexibility index (Phi) is 6.81. The number of aromatic carboxylic acids is 1. The lowest BCUT2D eigenvalue weighted by Gasteiger charge is -2.23. The van der Waals surface area contributed by atoms with Crippen LogP contribution < -0.4 is 4.74 Å². The average molecular weight is 571 g/mol. The van der Waals surface area contributed by atoms with Gasteiger partial charge in [0.05, 0.1) is 5.56 Å². The lowest BCUT2D eigenvalue weighted by molar-refractivity contribution is -0.1000. The van der Waals surface area contributed by atoms with Crippen molar-refractivity contribution in [2.45, 2.75) is 37.1 Å². The number of hydrogen-bond acceptors (Lipinski definition) is 4. The minimum atomic E-state index is -0.917. The van der Waals surface area contributed by atoms with Gasteiger partial charge >= 0.3 is 5.97 Å². The van der Waals surface area contributed by atoms with E-state index in [9.17, 15) is 4.79 Å². The first-order valence-electron chi connectivity index (χ1n) is 12.6. The normalized spacial score (nSPS) is 22.9. The highest BCUT2D eigenvalue weighted by Crippen LogP contribution is 2.56. The monoisotopic (exact) mass is 569 g/mol. The summed E-state index contributed by atoms with van der Waals surface area (Å²) in [5.74, 6) is 1.75. The van der Waals surface area contributed by atoms with Crippen LogP contribution in [0.3, 0.4) is 0 Å². The Morgan fingerprint density at radius 2 is 1.71 bits per heavy atom. The molecule has 8 heteroatoms. The van der Waals surface area contributed by atoms with Gasteiger partial charge in [0.2, 0.25) is 0 Å². The first-order chi connectivity index (χ1) is 18.3. The van der Waals surface area contributed by atoms with E-state index in [0.29, 0.717) is 50.7 Å². The lowest BCUT2D eigenvalue weighted by Crippen LogP contribution is -2.22. The van der Waals surface area contributed by atoms with Crippen LogP contribution in [-0.2, 0) is 4.84 Å². The summed E-state index contributed by atoms with van der Waals surface area (Å²) in [7, 11) is 1.90. The number of allylic oxidation sites excluding steroid dienone is 1. The van der Waals surface area contributed by atoms with Gasteiger partial charge in [0.25, 0.3) is 0 Å². The molecule has 0 saturated heterocycles. The van der Waals surface area contributed by atoms with Crippen LogP contribution in [0.15, 0.2) is 72.0 Å². The van der Waals surface area contributed by atoms with Crippen molar-refractivity contribution in [3.05, 3.63) is 109 Å². The lowest BCUT2D eigenvalue weighted by atomic mass is 9.97. The topological polar surface area (TPSA) is 59.0 Å². The summed E-state index contributed by atoms with van der Waals surface area (Å²) in [6, 6.07) is 18.2. The van der Waals surface area contributed by atoms with Gasteiger partial charge in [0.1, 0.15) is 24.2 Å². The molecule has 3 aliphatic rings. The first kappa shape index (κ1) is 25.6. The van der Waals surface area contributed by atoms with E-state index in [-0.39, 0.29) is 6.04 Å². The molecule has 2 fully saturated rings. The van der Waals surface area contributed by atoms with Crippen LogP contribution in [0.25, 0.3) is 0 Å². The van der Waals surface area contributed by atoms with Crippen molar-refractivity contribution >= 4 is 40.8 Å². The SMILES string of the molecule is CN1OC(C2CC2)=C(COc2ccc(C3CC3c3ccc(C(=O)O)cc3)c(Cl)c2)C1c1c(Cl)cccc1Cl. The summed E-state index contributed by atoms with van der Waals surface area (Å²) in [5.41, 5.74) is 4.34. The van der Waals surface area contributed by atoms with E-state index in [2.05, 4.69) is 0 Å². The van der Waals surface area contributed by atoms with E-state index in [1.807, 2.05) is 60.6 Å². The number of hydrogen-bond donors (Lipinski definition) is 1. The Bertz CT molecular complexity index is 1410. The third-order valence-corrected chi connectivity index (χ3v) is 8.60. The maximum atomic E-state index is 11.1. The molecule has 3 aromatic carbocycles. The molecule has 2 saturated carbocycles. The van der Waals surface area contributed by atoms with Crippen LogP contribution in [0, 0.1) is 5.92 Å². The third-order valence-electron chi connectivity index (χ3n) is 7.62. The molecule has 3 unspecified atom stereocenters. The molecule has 6 rings (SSSR count). The highest BCUT2D eigenvalue weighted by atomic mass is 35.5. The predicted molar refractivity (Wildman–Crippen MR) is 148 cm³/mol. The van der Waals surface area contributed by atoms with Crippen LogP contribution in [0.1, 0.15) is 64.2 Å². The number of hydroxylamine groups is 2. The zero-order valence-corrected chi connectivity index (χ0v) is 22.9. The second-order valence-corrected chi connectivity index (χ2v) is 11.4. The summed E-state index contributed by atoms with van der Waals surface area (Å²) < 4.78 is 6.27. The van der Waals surface area contributed by atoms with Crippen LogP contribution >= 0.6 is 34.8 Å². The molecule has 2 aliphatic carbocycles. The van der Waals surface area contributed by atoms with E-state index in [4.69, 9.17) is 49.5 Å². The number of halogens is 3. The first-order valence-corrected chi connectivity index (χ1v) is 13.8. The van der Waals surface area contributed by atoms with E-state index >= 15 is 0 Å².